The van der Waals surface area contributed by atoms with Gasteiger partial charge in [-0.05, 0) is 0 Å². The lowest BCUT2D eigenvalue weighted by atomic mass is 10.8. The standard InChI is InChI=1S/C3H6N6.C2H2O3.C2H2O2/c4-1-7-2(5)9-3(6)8-1;3-1-2(4)5;3-1-2-4/h(H6,4,5,6,7,8,9);1H,(H,4,5);1-2H. The number of nitrogen functional groups attached to an aromatic ring is 3. The molecule has 0 atom stereocenters. The van der Waals surface area contributed by atoms with E-state index in [-0.39, 0.29) is 36.7 Å². The van der Waals surface area contributed by atoms with Crippen LogP contribution in [-0.4, -0.2) is 44.9 Å². The average Bonchev–Trinajstić information content (AvgIpc) is 2.28. The van der Waals surface area contributed by atoms with Crippen LogP contribution in [0.1, 0.15) is 0 Å². The Labute approximate surface area is 100 Å². The van der Waals surface area contributed by atoms with Crippen molar-refractivity contribution in [3.63, 3.8) is 0 Å². The number of rotatable bonds is 2. The summed E-state index contributed by atoms with van der Waals surface area (Å²) in [6, 6.07) is 0. The molecule has 1 rings (SSSR count). The van der Waals surface area contributed by atoms with Gasteiger partial charge in [-0.25, -0.2) is 4.79 Å². The Hall–Kier alpha value is -3.11. The predicted octanol–water partition coefficient (Wildman–Crippen LogP) is -2.73. The van der Waals surface area contributed by atoms with Crippen LogP contribution in [0.5, 0.6) is 0 Å². The summed E-state index contributed by atoms with van der Waals surface area (Å²) in [6.07, 6.45) is 0.222. The smallest absolute Gasteiger partial charge is 0.368 e. The predicted molar refractivity (Wildman–Crippen MR) is 58.9 cm³/mol. The van der Waals surface area contributed by atoms with Crippen LogP contribution in [0, 0.1) is 0 Å². The maximum Gasteiger partial charge on any atom is 0.368 e. The van der Waals surface area contributed by atoms with E-state index in [0.717, 1.165) is 0 Å². The molecule has 0 spiro atoms. The van der Waals surface area contributed by atoms with Crippen LogP contribution in [0.2, 0.25) is 0 Å². The number of hydrogen-bond donors (Lipinski definition) is 4. The molecular weight excluding hydrogens is 248 g/mol. The normalized spacial score (nSPS) is 7.56. The average molecular weight is 258 g/mol. The zero-order chi connectivity index (χ0) is 14.6. The molecule has 0 bridgehead atoms. The SMILES string of the molecule is Nc1nc(N)nc(N)n1.O=CC(=O)O.O=CC=O. The molecule has 0 saturated heterocycles. The Morgan fingerprint density at radius 2 is 1.11 bits per heavy atom. The van der Waals surface area contributed by atoms with Gasteiger partial charge < -0.3 is 22.3 Å². The van der Waals surface area contributed by atoms with Gasteiger partial charge in [0.15, 0.2) is 12.6 Å². The number of anilines is 3. The topological polar surface area (TPSA) is 205 Å². The molecule has 0 saturated carbocycles. The van der Waals surface area contributed by atoms with Gasteiger partial charge in [-0.15, -0.1) is 0 Å². The molecule has 0 fully saturated rings. The number of aliphatic carboxylic acids is 1. The van der Waals surface area contributed by atoms with E-state index in [1.165, 1.54) is 0 Å². The van der Waals surface area contributed by atoms with Crippen LogP contribution in [0.3, 0.4) is 0 Å². The number of carboxylic acids is 1. The fourth-order valence-corrected chi connectivity index (χ4v) is 0.427. The van der Waals surface area contributed by atoms with E-state index in [2.05, 4.69) is 15.0 Å². The zero-order valence-corrected chi connectivity index (χ0v) is 8.89. The van der Waals surface area contributed by atoms with Crippen LogP contribution >= 0.6 is 0 Å². The van der Waals surface area contributed by atoms with Crippen molar-refractivity contribution in [1.82, 2.24) is 15.0 Å². The number of hydrogen-bond acceptors (Lipinski definition) is 10. The van der Waals surface area contributed by atoms with Gasteiger partial charge in [-0.1, -0.05) is 0 Å². The third-order valence-electron chi connectivity index (χ3n) is 0.844. The van der Waals surface area contributed by atoms with Crippen LogP contribution in [0.15, 0.2) is 0 Å². The first-order valence-electron chi connectivity index (χ1n) is 3.96. The molecule has 11 nitrogen and oxygen atoms in total. The second-order valence-electron chi connectivity index (χ2n) is 2.14. The molecule has 0 radical (unpaired) electrons. The highest BCUT2D eigenvalue weighted by Crippen LogP contribution is 1.97. The summed E-state index contributed by atoms with van der Waals surface area (Å²) in [4.78, 5) is 46.0. The largest absolute Gasteiger partial charge is 0.476 e. The fourth-order valence-electron chi connectivity index (χ4n) is 0.427. The molecule has 1 aromatic heterocycles. The lowest BCUT2D eigenvalue weighted by Crippen LogP contribution is -2.05. The summed E-state index contributed by atoms with van der Waals surface area (Å²) in [5.41, 5.74) is 15.4. The number of carboxylic acid groups (broad SMARTS) is 1. The van der Waals surface area contributed by atoms with Gasteiger partial charge in [0.2, 0.25) is 24.1 Å². The number of aromatic nitrogens is 3. The van der Waals surface area contributed by atoms with E-state index in [4.69, 9.17) is 41.5 Å². The molecule has 11 heteroatoms. The fraction of sp³-hybridized carbons (Fsp3) is 0. The minimum Gasteiger partial charge on any atom is -0.476 e. The highest BCUT2D eigenvalue weighted by molar-refractivity contribution is 6.19. The van der Waals surface area contributed by atoms with E-state index < -0.39 is 5.97 Å². The number of carbonyl (C=O) groups is 4. The van der Waals surface area contributed by atoms with Crippen molar-refractivity contribution in [3.05, 3.63) is 0 Å². The lowest BCUT2D eigenvalue weighted by molar-refractivity contribution is -0.143. The number of nitrogens with zero attached hydrogens (tertiary/aromatic N) is 3. The third-order valence-corrected chi connectivity index (χ3v) is 0.844. The molecule has 0 unspecified atom stereocenters. The Kier molecular flexibility index (Phi) is 10.00. The maximum absolute atomic E-state index is 9.00. The highest BCUT2D eigenvalue weighted by atomic mass is 16.4. The first kappa shape index (κ1) is 17.3. The lowest BCUT2D eigenvalue weighted by Gasteiger charge is -1.93. The van der Waals surface area contributed by atoms with Gasteiger partial charge >= 0.3 is 5.97 Å². The van der Waals surface area contributed by atoms with Gasteiger partial charge in [-0.3, -0.25) is 14.4 Å². The summed E-state index contributed by atoms with van der Waals surface area (Å²) in [5, 5.41) is 7.35. The minimum atomic E-state index is -1.43. The molecule has 18 heavy (non-hydrogen) atoms. The Morgan fingerprint density at radius 3 is 1.22 bits per heavy atom. The summed E-state index contributed by atoms with van der Waals surface area (Å²) < 4.78 is 0. The van der Waals surface area contributed by atoms with Gasteiger partial charge in [0, 0.05) is 0 Å². The maximum atomic E-state index is 9.00. The molecule has 0 aliphatic carbocycles. The van der Waals surface area contributed by atoms with E-state index in [1.54, 1.807) is 0 Å². The van der Waals surface area contributed by atoms with Gasteiger partial charge in [-0.2, -0.15) is 15.0 Å². The first-order chi connectivity index (χ1) is 8.37. The second-order valence-corrected chi connectivity index (χ2v) is 2.14. The van der Waals surface area contributed by atoms with Crippen molar-refractivity contribution in [2.24, 2.45) is 0 Å². The van der Waals surface area contributed by atoms with Crippen molar-refractivity contribution in [2.75, 3.05) is 17.2 Å². The quantitative estimate of drug-likeness (QED) is 0.316. The molecule has 1 heterocycles. The van der Waals surface area contributed by atoms with Crippen LogP contribution in [-0.2, 0) is 19.2 Å². The number of aldehydes is 3. The van der Waals surface area contributed by atoms with Crippen LogP contribution < -0.4 is 17.2 Å². The molecular formula is C7H10N6O5. The molecule has 0 aromatic carbocycles. The summed E-state index contributed by atoms with van der Waals surface area (Å²) in [5.74, 6) is -1.30. The third kappa shape index (κ3) is 12.9. The van der Waals surface area contributed by atoms with Crippen molar-refractivity contribution >= 4 is 42.7 Å². The van der Waals surface area contributed by atoms with E-state index >= 15 is 0 Å². The first-order valence-corrected chi connectivity index (χ1v) is 3.96. The van der Waals surface area contributed by atoms with E-state index in [1.807, 2.05) is 0 Å². The van der Waals surface area contributed by atoms with Crippen molar-refractivity contribution in [2.45, 2.75) is 0 Å². The van der Waals surface area contributed by atoms with Gasteiger partial charge in [0.1, 0.15) is 0 Å². The molecule has 0 aliphatic heterocycles. The second kappa shape index (κ2) is 10.4. The molecule has 1 aromatic rings. The molecule has 7 N–H and O–H groups in total. The minimum absolute atomic E-state index is 0.0417. The van der Waals surface area contributed by atoms with Crippen molar-refractivity contribution < 1.29 is 24.3 Å². The van der Waals surface area contributed by atoms with E-state index in [9.17, 15) is 0 Å². The molecule has 0 aliphatic rings. The Bertz CT molecular complexity index is 366. The highest BCUT2D eigenvalue weighted by Gasteiger charge is 1.93. The van der Waals surface area contributed by atoms with Crippen molar-refractivity contribution in [1.29, 1.82) is 0 Å². The Balaban J connectivity index is 0. The summed E-state index contributed by atoms with van der Waals surface area (Å²) >= 11 is 0. The van der Waals surface area contributed by atoms with Crippen LogP contribution in [0.4, 0.5) is 17.8 Å². The van der Waals surface area contributed by atoms with Gasteiger partial charge in [0.05, 0.1) is 0 Å². The van der Waals surface area contributed by atoms with E-state index in [0.29, 0.717) is 0 Å². The van der Waals surface area contributed by atoms with Crippen LogP contribution in [0.25, 0.3) is 0 Å². The summed E-state index contributed by atoms with van der Waals surface area (Å²) in [6.45, 7) is 0. The Morgan fingerprint density at radius 1 is 0.889 bits per heavy atom. The molecule has 0 amide bonds. The summed E-state index contributed by atoms with van der Waals surface area (Å²) in [7, 11) is 0. The molecule has 98 valence electrons. The number of nitrogens with two attached hydrogens (primary N) is 3. The number of carbonyl (C=O) groups excluding carboxylic acids is 3. The zero-order valence-electron chi connectivity index (χ0n) is 8.89. The monoisotopic (exact) mass is 258 g/mol. The van der Waals surface area contributed by atoms with Gasteiger partial charge in [0.25, 0.3) is 0 Å². The van der Waals surface area contributed by atoms with Crippen molar-refractivity contribution in [3.8, 4) is 0 Å².